The van der Waals surface area contributed by atoms with Crippen molar-refractivity contribution in [1.29, 1.82) is 0 Å². The fourth-order valence-corrected chi connectivity index (χ4v) is 7.88. The Morgan fingerprint density at radius 3 is 1.92 bits per heavy atom. The first-order valence-corrected chi connectivity index (χ1v) is 17.6. The largest absolute Gasteiger partial charge is 0.444 e. The van der Waals surface area contributed by atoms with Crippen molar-refractivity contribution in [1.82, 2.24) is 39.7 Å². The van der Waals surface area contributed by atoms with Crippen LogP contribution in [0.5, 0.6) is 0 Å². The number of piperidine rings is 2. The Balaban J connectivity index is 0.937. The zero-order chi connectivity index (χ0) is 34.7. The molecule has 5 heterocycles. The molecule has 4 aliphatic rings. The summed E-state index contributed by atoms with van der Waals surface area (Å²) in [5.74, 6) is 2.56. The van der Waals surface area contributed by atoms with Crippen molar-refractivity contribution in [3.8, 4) is 22.5 Å². The SMILES string of the molecule is CC(C)(C)OC(=O)N1C(c2ncc(-c3cnc4cc(-c5ccc6nc([C@@H]7C[C@H]8C[C@H]8N7C(=O)OC(C)(C)C)[nH]c6c5)ccc4n3)[nH]2)CC2CC21. The van der Waals surface area contributed by atoms with Crippen molar-refractivity contribution < 1.29 is 19.1 Å². The van der Waals surface area contributed by atoms with Gasteiger partial charge in [0, 0.05) is 12.1 Å². The Bertz CT molecular complexity index is 2180. The molecule has 9 rings (SSSR count). The lowest BCUT2D eigenvalue weighted by molar-refractivity contribution is 0.0164. The lowest BCUT2D eigenvalue weighted by Gasteiger charge is -2.29. The Kier molecular flexibility index (Phi) is 6.67. The summed E-state index contributed by atoms with van der Waals surface area (Å²) in [5.41, 5.74) is 5.72. The van der Waals surface area contributed by atoms with E-state index in [1.807, 2.05) is 69.5 Å². The summed E-state index contributed by atoms with van der Waals surface area (Å²) < 4.78 is 11.5. The number of fused-ring (bicyclic) bond motifs is 4. The van der Waals surface area contributed by atoms with Crippen LogP contribution >= 0.6 is 0 Å². The smallest absolute Gasteiger partial charge is 0.411 e. The quantitative estimate of drug-likeness (QED) is 0.198. The van der Waals surface area contributed by atoms with Crippen LogP contribution in [-0.4, -0.2) is 75.2 Å². The molecule has 50 heavy (non-hydrogen) atoms. The lowest BCUT2D eigenvalue weighted by atomic mass is 10.0. The van der Waals surface area contributed by atoms with Gasteiger partial charge < -0.3 is 19.4 Å². The number of imidazole rings is 2. The highest BCUT2D eigenvalue weighted by atomic mass is 16.6. The van der Waals surface area contributed by atoms with Crippen LogP contribution in [0.4, 0.5) is 9.59 Å². The van der Waals surface area contributed by atoms with Crippen LogP contribution in [0.3, 0.4) is 0 Å². The van der Waals surface area contributed by atoms with Gasteiger partial charge in [-0.1, -0.05) is 12.1 Å². The number of carbonyl (C=O) groups is 2. The molecule has 2 aliphatic carbocycles. The molecule has 258 valence electrons. The van der Waals surface area contributed by atoms with Crippen LogP contribution in [0.2, 0.25) is 0 Å². The fourth-order valence-electron chi connectivity index (χ4n) is 7.88. The van der Waals surface area contributed by atoms with Crippen LogP contribution in [0.25, 0.3) is 44.6 Å². The first-order chi connectivity index (χ1) is 23.8. The summed E-state index contributed by atoms with van der Waals surface area (Å²) in [7, 11) is 0. The molecule has 2 aliphatic heterocycles. The predicted molar refractivity (Wildman–Crippen MR) is 187 cm³/mol. The minimum atomic E-state index is -0.554. The first-order valence-electron chi connectivity index (χ1n) is 17.6. The minimum Gasteiger partial charge on any atom is -0.444 e. The number of ether oxygens (including phenoxy) is 2. The molecule has 6 atom stereocenters. The van der Waals surface area contributed by atoms with Crippen LogP contribution < -0.4 is 0 Å². The summed E-state index contributed by atoms with van der Waals surface area (Å²) in [4.78, 5) is 56.1. The van der Waals surface area contributed by atoms with E-state index in [0.717, 1.165) is 76.2 Å². The van der Waals surface area contributed by atoms with Crippen LogP contribution in [-0.2, 0) is 9.47 Å². The molecular formula is C38H42N8O4. The van der Waals surface area contributed by atoms with Crippen LogP contribution in [0, 0.1) is 11.8 Å². The Morgan fingerprint density at radius 1 is 0.680 bits per heavy atom. The first kappa shape index (κ1) is 31.0. The number of carbonyl (C=O) groups excluding carboxylic acids is 2. The molecule has 0 bridgehead atoms. The van der Waals surface area contributed by atoms with E-state index in [1.54, 1.807) is 12.4 Å². The molecule has 2 amide bonds. The Morgan fingerprint density at radius 2 is 1.28 bits per heavy atom. The Labute approximate surface area is 290 Å². The second-order valence-corrected chi connectivity index (χ2v) is 16.4. The van der Waals surface area contributed by atoms with Crippen molar-refractivity contribution in [2.24, 2.45) is 11.8 Å². The van der Waals surface area contributed by atoms with E-state index in [4.69, 9.17) is 24.4 Å². The van der Waals surface area contributed by atoms with E-state index in [0.29, 0.717) is 17.5 Å². The third-order valence-electron chi connectivity index (χ3n) is 10.3. The van der Waals surface area contributed by atoms with Crippen molar-refractivity contribution in [3.05, 3.63) is 60.4 Å². The number of benzene rings is 2. The highest BCUT2D eigenvalue weighted by Crippen LogP contribution is 2.54. The molecule has 3 unspecified atom stereocenters. The molecular weight excluding hydrogens is 632 g/mol. The van der Waals surface area contributed by atoms with Gasteiger partial charge in [-0.25, -0.2) is 24.5 Å². The molecule has 2 saturated heterocycles. The highest BCUT2D eigenvalue weighted by Gasteiger charge is 2.57. The lowest BCUT2D eigenvalue weighted by Crippen LogP contribution is -2.38. The number of nitrogens with one attached hydrogen (secondary N) is 2. The number of aromatic nitrogens is 6. The van der Waals surface area contributed by atoms with Gasteiger partial charge in [0.25, 0.3) is 0 Å². The molecule has 5 aromatic rings. The van der Waals surface area contributed by atoms with Gasteiger partial charge in [-0.05, 0) is 114 Å². The maximum absolute atomic E-state index is 13.1. The second kappa shape index (κ2) is 10.7. The molecule has 3 aromatic heterocycles. The van der Waals surface area contributed by atoms with Crippen LogP contribution in [0.1, 0.15) is 91.0 Å². The van der Waals surface area contributed by atoms with E-state index in [-0.39, 0.29) is 36.4 Å². The van der Waals surface area contributed by atoms with Gasteiger partial charge in [0.05, 0.1) is 52.2 Å². The minimum absolute atomic E-state index is 0.117. The number of rotatable bonds is 4. The molecule has 12 heteroatoms. The van der Waals surface area contributed by atoms with Gasteiger partial charge in [0.2, 0.25) is 0 Å². The molecule has 12 nitrogen and oxygen atoms in total. The standard InChI is InChI=1S/C38H42N8O4/c1-37(2,3)49-35(47)45-29-13-21(29)15-31(45)33-40-18-28(44-33)27-17-39-25-11-19(7-9-23(25)41-27)20-8-10-24-26(12-20)43-34(42-24)32-16-22-14-30(22)46(32)36(48)50-38(4,5)6/h7-12,17-18,21-22,29-32H,13-16H2,1-6H3,(H,40,44)(H,42,43)/t21?,22-,29?,30-,31?,32+/m1/s1. The van der Waals surface area contributed by atoms with Crippen molar-refractivity contribution in [3.63, 3.8) is 0 Å². The number of amides is 2. The monoisotopic (exact) mass is 674 g/mol. The van der Waals surface area contributed by atoms with Gasteiger partial charge in [-0.3, -0.25) is 14.8 Å². The third-order valence-corrected chi connectivity index (χ3v) is 10.3. The average molecular weight is 675 g/mol. The van der Waals surface area contributed by atoms with Gasteiger partial charge in [0.15, 0.2) is 0 Å². The van der Waals surface area contributed by atoms with E-state index >= 15 is 0 Å². The fraction of sp³-hybridized carbons (Fsp3) is 0.474. The average Bonchev–Trinajstić information content (AvgIpc) is 3.67. The molecule has 2 saturated carbocycles. The van der Waals surface area contributed by atoms with Crippen molar-refractivity contribution in [2.45, 2.75) is 103 Å². The van der Waals surface area contributed by atoms with E-state index in [1.165, 1.54) is 0 Å². The predicted octanol–water partition coefficient (Wildman–Crippen LogP) is 7.70. The van der Waals surface area contributed by atoms with Crippen molar-refractivity contribution >= 4 is 34.3 Å². The van der Waals surface area contributed by atoms with E-state index in [2.05, 4.69) is 33.2 Å². The van der Waals surface area contributed by atoms with E-state index in [9.17, 15) is 9.59 Å². The summed E-state index contributed by atoms with van der Waals surface area (Å²) in [6.45, 7) is 11.4. The van der Waals surface area contributed by atoms with Crippen LogP contribution in [0.15, 0.2) is 48.8 Å². The zero-order valence-electron chi connectivity index (χ0n) is 29.2. The van der Waals surface area contributed by atoms with Crippen molar-refractivity contribution in [2.75, 3.05) is 0 Å². The molecule has 0 spiro atoms. The van der Waals surface area contributed by atoms with Gasteiger partial charge in [-0.15, -0.1) is 0 Å². The van der Waals surface area contributed by atoms with Gasteiger partial charge in [0.1, 0.15) is 28.5 Å². The van der Waals surface area contributed by atoms with E-state index < -0.39 is 11.2 Å². The number of H-pyrrole nitrogens is 2. The Hall–Kier alpha value is -5.00. The summed E-state index contributed by atoms with van der Waals surface area (Å²) in [6, 6.07) is 12.5. The maximum atomic E-state index is 13.1. The molecule has 2 aromatic carbocycles. The molecule has 2 N–H and O–H groups in total. The number of hydrogen-bond donors (Lipinski definition) is 2. The van der Waals surface area contributed by atoms with Gasteiger partial charge >= 0.3 is 12.2 Å². The summed E-state index contributed by atoms with van der Waals surface area (Å²) >= 11 is 0. The number of nitrogens with zero attached hydrogens (tertiary/aromatic N) is 6. The number of likely N-dealkylation sites (tertiary alicyclic amines) is 2. The normalized spacial score (nSPS) is 25.6. The summed E-state index contributed by atoms with van der Waals surface area (Å²) in [6.07, 6.45) is 6.80. The molecule has 0 radical (unpaired) electrons. The third kappa shape index (κ3) is 5.54. The maximum Gasteiger partial charge on any atom is 0.411 e. The summed E-state index contributed by atoms with van der Waals surface area (Å²) in [5, 5.41) is 0. The van der Waals surface area contributed by atoms with Gasteiger partial charge in [-0.2, -0.15) is 0 Å². The highest BCUT2D eigenvalue weighted by molar-refractivity contribution is 5.87. The number of hydrogen-bond acceptors (Lipinski definition) is 8. The topological polar surface area (TPSA) is 142 Å². The second-order valence-electron chi connectivity index (χ2n) is 16.4. The zero-order valence-corrected chi connectivity index (χ0v) is 29.2. The number of aromatic amines is 2. The molecule has 4 fully saturated rings.